The maximum absolute atomic E-state index is 12.6. The summed E-state index contributed by atoms with van der Waals surface area (Å²) < 4.78 is 31.9. The van der Waals surface area contributed by atoms with Crippen molar-refractivity contribution >= 4 is 15.8 Å². The number of carbonyl (C=O) groups is 1. The Morgan fingerprint density at radius 2 is 1.95 bits per heavy atom. The monoisotopic (exact) mass is 297 g/mol. The van der Waals surface area contributed by atoms with Gasteiger partial charge in [-0.1, -0.05) is 6.07 Å². The molecule has 0 saturated carbocycles. The Kier molecular flexibility index (Phi) is 4.45. The van der Waals surface area contributed by atoms with Crippen molar-refractivity contribution in [2.45, 2.75) is 31.1 Å². The van der Waals surface area contributed by atoms with E-state index in [1.54, 1.807) is 18.2 Å². The molecule has 0 bridgehead atoms. The van der Waals surface area contributed by atoms with E-state index in [0.717, 1.165) is 12.8 Å². The summed E-state index contributed by atoms with van der Waals surface area (Å²) in [5, 5.41) is 0. The normalized spacial score (nSPS) is 16.3. The first kappa shape index (κ1) is 15.0. The lowest BCUT2D eigenvalue weighted by molar-refractivity contribution is -0.116. The molecule has 0 atom stereocenters. The van der Waals surface area contributed by atoms with Crippen LogP contribution < -0.4 is 4.74 Å². The van der Waals surface area contributed by atoms with Gasteiger partial charge in [-0.2, -0.15) is 4.31 Å². The molecule has 20 heavy (non-hydrogen) atoms. The highest BCUT2D eigenvalue weighted by Crippen LogP contribution is 2.29. The molecule has 0 amide bonds. The SMILES string of the molecule is COc1ccc(CC(C)=O)cc1S(=O)(=O)N1CCCC1. The molecule has 0 spiro atoms. The molecule has 1 aromatic rings. The lowest BCUT2D eigenvalue weighted by atomic mass is 10.1. The Balaban J connectivity index is 2.44. The van der Waals surface area contributed by atoms with E-state index in [-0.39, 0.29) is 17.1 Å². The van der Waals surface area contributed by atoms with Crippen LogP contribution in [0.3, 0.4) is 0 Å². The summed E-state index contributed by atoms with van der Waals surface area (Å²) in [7, 11) is -2.10. The predicted octanol–water partition coefficient (Wildman–Crippen LogP) is 1.61. The minimum atomic E-state index is -3.54. The Bertz CT molecular complexity index is 604. The van der Waals surface area contributed by atoms with Gasteiger partial charge in [0.1, 0.15) is 16.4 Å². The maximum atomic E-state index is 12.6. The Morgan fingerprint density at radius 1 is 1.30 bits per heavy atom. The average Bonchev–Trinajstić information content (AvgIpc) is 2.92. The Labute approximate surface area is 119 Å². The van der Waals surface area contributed by atoms with Crippen LogP contribution in [0.2, 0.25) is 0 Å². The van der Waals surface area contributed by atoms with E-state index in [4.69, 9.17) is 4.74 Å². The number of carbonyl (C=O) groups excluding carboxylic acids is 1. The molecular weight excluding hydrogens is 278 g/mol. The van der Waals surface area contributed by atoms with E-state index in [1.807, 2.05) is 0 Å². The van der Waals surface area contributed by atoms with Crippen molar-refractivity contribution in [2.75, 3.05) is 20.2 Å². The summed E-state index contributed by atoms with van der Waals surface area (Å²) in [5.74, 6) is 0.323. The zero-order valence-electron chi connectivity index (χ0n) is 11.8. The molecule has 0 aliphatic carbocycles. The van der Waals surface area contributed by atoms with Crippen LogP contribution in [0.15, 0.2) is 23.1 Å². The van der Waals surface area contributed by atoms with Gasteiger partial charge >= 0.3 is 0 Å². The van der Waals surface area contributed by atoms with Crippen LogP contribution in [0.5, 0.6) is 5.75 Å². The van der Waals surface area contributed by atoms with E-state index in [1.165, 1.54) is 18.3 Å². The molecule has 2 rings (SSSR count). The minimum absolute atomic E-state index is 0.000290. The number of benzene rings is 1. The van der Waals surface area contributed by atoms with Crippen LogP contribution >= 0.6 is 0 Å². The molecule has 0 N–H and O–H groups in total. The third-order valence-electron chi connectivity index (χ3n) is 3.36. The molecule has 6 heteroatoms. The fourth-order valence-electron chi connectivity index (χ4n) is 2.39. The summed E-state index contributed by atoms with van der Waals surface area (Å²) in [6.45, 7) is 2.57. The first-order valence-corrected chi connectivity index (χ1v) is 8.05. The third kappa shape index (κ3) is 3.02. The van der Waals surface area contributed by atoms with Gasteiger partial charge in [-0.05, 0) is 37.5 Å². The standard InChI is InChI=1S/C14H19NO4S/c1-11(16)9-12-5-6-13(19-2)14(10-12)20(17,18)15-7-3-4-8-15/h5-6,10H,3-4,7-9H2,1-2H3. The highest BCUT2D eigenvalue weighted by Gasteiger charge is 2.30. The Hall–Kier alpha value is -1.40. The van der Waals surface area contributed by atoms with Crippen molar-refractivity contribution in [3.05, 3.63) is 23.8 Å². The van der Waals surface area contributed by atoms with Gasteiger partial charge in [0.2, 0.25) is 10.0 Å². The van der Waals surface area contributed by atoms with Gasteiger partial charge in [-0.15, -0.1) is 0 Å². The number of sulfonamides is 1. The minimum Gasteiger partial charge on any atom is -0.495 e. The van der Waals surface area contributed by atoms with Gasteiger partial charge in [0.25, 0.3) is 0 Å². The molecule has 1 aliphatic rings. The quantitative estimate of drug-likeness (QED) is 0.828. The average molecular weight is 297 g/mol. The van der Waals surface area contributed by atoms with E-state index in [0.29, 0.717) is 24.4 Å². The molecule has 0 unspecified atom stereocenters. The summed E-state index contributed by atoms with van der Waals surface area (Å²) >= 11 is 0. The van der Waals surface area contributed by atoms with Gasteiger partial charge in [0, 0.05) is 19.5 Å². The number of hydrogen-bond acceptors (Lipinski definition) is 4. The van der Waals surface area contributed by atoms with Gasteiger partial charge in [-0.3, -0.25) is 4.79 Å². The molecule has 1 aliphatic heterocycles. The highest BCUT2D eigenvalue weighted by atomic mass is 32.2. The van der Waals surface area contributed by atoms with E-state index >= 15 is 0 Å². The number of rotatable bonds is 5. The number of ketones is 1. The number of hydrogen-bond donors (Lipinski definition) is 0. The third-order valence-corrected chi connectivity index (χ3v) is 5.28. The van der Waals surface area contributed by atoms with Crippen molar-refractivity contribution < 1.29 is 17.9 Å². The van der Waals surface area contributed by atoms with Crippen LogP contribution in [0.1, 0.15) is 25.3 Å². The second-order valence-corrected chi connectivity index (χ2v) is 6.88. The van der Waals surface area contributed by atoms with Crippen molar-refractivity contribution in [1.82, 2.24) is 4.31 Å². The fraction of sp³-hybridized carbons (Fsp3) is 0.500. The second kappa shape index (κ2) is 5.93. The van der Waals surface area contributed by atoms with E-state index in [9.17, 15) is 13.2 Å². The fourth-order valence-corrected chi connectivity index (χ4v) is 4.11. The molecule has 110 valence electrons. The molecule has 0 radical (unpaired) electrons. The zero-order valence-corrected chi connectivity index (χ0v) is 12.6. The maximum Gasteiger partial charge on any atom is 0.246 e. The topological polar surface area (TPSA) is 63.7 Å². The van der Waals surface area contributed by atoms with Gasteiger partial charge in [-0.25, -0.2) is 8.42 Å². The van der Waals surface area contributed by atoms with E-state index < -0.39 is 10.0 Å². The number of methoxy groups -OCH3 is 1. The van der Waals surface area contributed by atoms with Gasteiger partial charge < -0.3 is 4.74 Å². The zero-order chi connectivity index (χ0) is 14.8. The first-order valence-electron chi connectivity index (χ1n) is 6.61. The van der Waals surface area contributed by atoms with Crippen LogP contribution in [-0.4, -0.2) is 38.7 Å². The molecule has 1 heterocycles. The van der Waals surface area contributed by atoms with Crippen LogP contribution in [0, 0.1) is 0 Å². The molecule has 0 aromatic heterocycles. The molecule has 1 saturated heterocycles. The molecule has 1 aromatic carbocycles. The second-order valence-electron chi connectivity index (χ2n) is 4.98. The summed E-state index contributed by atoms with van der Waals surface area (Å²) in [4.78, 5) is 11.3. The largest absolute Gasteiger partial charge is 0.495 e. The Morgan fingerprint density at radius 3 is 2.50 bits per heavy atom. The number of ether oxygens (including phenoxy) is 1. The molecule has 5 nitrogen and oxygen atoms in total. The van der Waals surface area contributed by atoms with Crippen LogP contribution in [-0.2, 0) is 21.2 Å². The molecular formula is C14H19NO4S. The van der Waals surface area contributed by atoms with Crippen molar-refractivity contribution in [2.24, 2.45) is 0 Å². The van der Waals surface area contributed by atoms with Crippen LogP contribution in [0.4, 0.5) is 0 Å². The van der Waals surface area contributed by atoms with Crippen molar-refractivity contribution in [3.8, 4) is 5.75 Å². The summed E-state index contributed by atoms with van der Waals surface area (Å²) in [5.41, 5.74) is 0.691. The predicted molar refractivity (Wildman–Crippen MR) is 75.4 cm³/mol. The summed E-state index contributed by atoms with van der Waals surface area (Å²) in [6.07, 6.45) is 2.00. The van der Waals surface area contributed by atoms with Crippen molar-refractivity contribution in [1.29, 1.82) is 0 Å². The first-order chi connectivity index (χ1) is 9.45. The van der Waals surface area contributed by atoms with E-state index in [2.05, 4.69) is 0 Å². The smallest absolute Gasteiger partial charge is 0.246 e. The lowest BCUT2D eigenvalue weighted by Gasteiger charge is -2.18. The summed E-state index contributed by atoms with van der Waals surface area (Å²) in [6, 6.07) is 4.89. The van der Waals surface area contributed by atoms with Gasteiger partial charge in [0.05, 0.1) is 7.11 Å². The van der Waals surface area contributed by atoms with Crippen molar-refractivity contribution in [3.63, 3.8) is 0 Å². The number of Topliss-reactive ketones (excluding diaryl/α,β-unsaturated/α-hetero) is 1. The highest BCUT2D eigenvalue weighted by molar-refractivity contribution is 7.89. The molecule has 1 fully saturated rings. The van der Waals surface area contributed by atoms with Gasteiger partial charge in [0.15, 0.2) is 0 Å². The number of nitrogens with zero attached hydrogens (tertiary/aromatic N) is 1. The van der Waals surface area contributed by atoms with Crippen LogP contribution in [0.25, 0.3) is 0 Å². The lowest BCUT2D eigenvalue weighted by Crippen LogP contribution is -2.28.